The lowest BCUT2D eigenvalue weighted by Gasteiger charge is -2.23. The van der Waals surface area contributed by atoms with Gasteiger partial charge in [0.25, 0.3) is 5.91 Å². The van der Waals surface area contributed by atoms with Crippen LogP contribution in [0.15, 0.2) is 42.2 Å². The second kappa shape index (κ2) is 8.25. The van der Waals surface area contributed by atoms with Crippen LogP contribution in [0, 0.1) is 18.3 Å². The van der Waals surface area contributed by atoms with Gasteiger partial charge in [-0.15, -0.1) is 0 Å². The highest BCUT2D eigenvalue weighted by Gasteiger charge is 2.16. The summed E-state index contributed by atoms with van der Waals surface area (Å²) in [6.45, 7) is 1.83. The molecule has 1 fully saturated rings. The van der Waals surface area contributed by atoms with Crippen LogP contribution >= 0.6 is 11.6 Å². The van der Waals surface area contributed by atoms with Gasteiger partial charge < -0.3 is 9.88 Å². The van der Waals surface area contributed by atoms with Gasteiger partial charge in [0.2, 0.25) is 0 Å². The van der Waals surface area contributed by atoms with Gasteiger partial charge in [-0.25, -0.2) is 0 Å². The van der Waals surface area contributed by atoms with Gasteiger partial charge in [-0.1, -0.05) is 36.9 Å². The average Bonchev–Trinajstić information content (AvgIpc) is 3.13. The summed E-state index contributed by atoms with van der Waals surface area (Å²) in [5, 5.41) is 12.8. The van der Waals surface area contributed by atoms with E-state index in [1.54, 1.807) is 24.3 Å². The van der Waals surface area contributed by atoms with Crippen molar-refractivity contribution >= 4 is 29.3 Å². The van der Waals surface area contributed by atoms with E-state index in [-0.39, 0.29) is 5.57 Å². The van der Waals surface area contributed by atoms with Gasteiger partial charge in [-0.2, -0.15) is 5.26 Å². The minimum Gasteiger partial charge on any atom is -0.351 e. The van der Waals surface area contributed by atoms with E-state index >= 15 is 0 Å². The van der Waals surface area contributed by atoms with E-state index in [1.165, 1.54) is 32.1 Å². The van der Waals surface area contributed by atoms with Crippen LogP contribution in [0.5, 0.6) is 0 Å². The third kappa shape index (κ3) is 4.17. The maximum absolute atomic E-state index is 12.5. The topological polar surface area (TPSA) is 57.8 Å². The smallest absolute Gasteiger partial charge is 0.266 e. The largest absolute Gasteiger partial charge is 0.351 e. The van der Waals surface area contributed by atoms with Crippen molar-refractivity contribution in [3.8, 4) is 6.07 Å². The minimum absolute atomic E-state index is 0.0748. The fourth-order valence-electron chi connectivity index (χ4n) is 3.37. The lowest BCUT2D eigenvalue weighted by molar-refractivity contribution is -0.112. The van der Waals surface area contributed by atoms with Crippen LogP contribution < -0.4 is 5.32 Å². The zero-order valence-corrected chi connectivity index (χ0v) is 15.6. The fraction of sp³-hybridized carbons (Fsp3) is 0.333. The molecule has 4 nitrogen and oxygen atoms in total. The molecule has 3 rings (SSSR count). The molecule has 0 aliphatic heterocycles. The lowest BCUT2D eigenvalue weighted by Crippen LogP contribution is -2.14. The maximum atomic E-state index is 12.5. The van der Waals surface area contributed by atoms with Crippen molar-refractivity contribution < 1.29 is 4.79 Å². The Morgan fingerprint density at radius 3 is 2.81 bits per heavy atom. The zero-order valence-electron chi connectivity index (χ0n) is 14.8. The average molecular weight is 368 g/mol. The molecule has 26 heavy (non-hydrogen) atoms. The molecule has 1 amide bonds. The Morgan fingerprint density at radius 2 is 2.08 bits per heavy atom. The molecule has 1 N–H and O–H groups in total. The number of carbonyl (C=O) groups is 1. The van der Waals surface area contributed by atoms with E-state index in [0.717, 1.165) is 11.1 Å². The first-order valence-corrected chi connectivity index (χ1v) is 9.32. The van der Waals surface area contributed by atoms with Crippen molar-refractivity contribution in [2.75, 3.05) is 5.32 Å². The van der Waals surface area contributed by atoms with E-state index in [1.807, 2.05) is 31.5 Å². The molecular formula is C21H22ClN3O. The predicted octanol–water partition coefficient (Wildman–Crippen LogP) is 5.50. The monoisotopic (exact) mass is 367 g/mol. The van der Waals surface area contributed by atoms with Gasteiger partial charge in [-0.05, 0) is 55.2 Å². The highest BCUT2D eigenvalue weighted by Crippen LogP contribution is 2.29. The number of halogens is 1. The van der Waals surface area contributed by atoms with E-state index in [9.17, 15) is 10.1 Å². The first-order chi connectivity index (χ1) is 12.6. The molecule has 0 unspecified atom stereocenters. The zero-order chi connectivity index (χ0) is 18.5. The number of carbonyl (C=O) groups excluding carboxylic acids is 1. The number of aromatic nitrogens is 1. The van der Waals surface area contributed by atoms with Crippen LogP contribution in [0.1, 0.15) is 49.3 Å². The summed E-state index contributed by atoms with van der Waals surface area (Å²) in [5.41, 5.74) is 2.34. The molecular weight excluding hydrogens is 346 g/mol. The number of hydrogen-bond donors (Lipinski definition) is 1. The Morgan fingerprint density at radius 1 is 1.31 bits per heavy atom. The first-order valence-electron chi connectivity index (χ1n) is 8.94. The third-order valence-electron chi connectivity index (χ3n) is 4.93. The molecule has 1 heterocycles. The van der Waals surface area contributed by atoms with E-state index < -0.39 is 5.91 Å². The van der Waals surface area contributed by atoms with Gasteiger partial charge in [0.15, 0.2) is 0 Å². The van der Waals surface area contributed by atoms with Crippen molar-refractivity contribution in [2.45, 2.75) is 45.1 Å². The molecule has 1 aliphatic carbocycles. The van der Waals surface area contributed by atoms with Crippen molar-refractivity contribution in [1.29, 1.82) is 5.26 Å². The van der Waals surface area contributed by atoms with Gasteiger partial charge in [0, 0.05) is 29.1 Å². The van der Waals surface area contributed by atoms with E-state index in [4.69, 9.17) is 11.6 Å². The number of benzene rings is 1. The SMILES string of the molecule is Cc1c(Cl)cccc1NC(=O)/C(C#N)=C/c1ccn(C2CCCCC2)c1. The predicted molar refractivity (Wildman–Crippen MR) is 105 cm³/mol. The van der Waals surface area contributed by atoms with E-state index in [2.05, 4.69) is 9.88 Å². The Bertz CT molecular complexity index is 870. The quantitative estimate of drug-likeness (QED) is 0.572. The molecule has 1 aromatic carbocycles. The number of amides is 1. The Kier molecular flexibility index (Phi) is 5.80. The second-order valence-electron chi connectivity index (χ2n) is 6.72. The Hall–Kier alpha value is -2.51. The van der Waals surface area contributed by atoms with Crippen LogP contribution in [-0.4, -0.2) is 10.5 Å². The lowest BCUT2D eigenvalue weighted by atomic mass is 9.95. The van der Waals surface area contributed by atoms with Gasteiger partial charge in [0.1, 0.15) is 11.6 Å². The number of nitrogens with one attached hydrogen (secondary N) is 1. The minimum atomic E-state index is -0.428. The fourth-order valence-corrected chi connectivity index (χ4v) is 3.54. The second-order valence-corrected chi connectivity index (χ2v) is 7.13. The van der Waals surface area contributed by atoms with Gasteiger partial charge in [-0.3, -0.25) is 4.79 Å². The molecule has 0 spiro atoms. The molecule has 2 aromatic rings. The van der Waals surface area contributed by atoms with Crippen LogP contribution in [-0.2, 0) is 4.79 Å². The third-order valence-corrected chi connectivity index (χ3v) is 5.34. The Labute approximate surface area is 159 Å². The van der Waals surface area contributed by atoms with Gasteiger partial charge >= 0.3 is 0 Å². The number of nitrogens with zero attached hydrogens (tertiary/aromatic N) is 2. The van der Waals surface area contributed by atoms with Crippen LogP contribution in [0.4, 0.5) is 5.69 Å². The normalized spacial score (nSPS) is 15.5. The molecule has 1 aliphatic rings. The van der Waals surface area contributed by atoms with Crippen molar-refractivity contribution in [3.05, 3.63) is 58.4 Å². The molecule has 5 heteroatoms. The maximum Gasteiger partial charge on any atom is 0.266 e. The van der Waals surface area contributed by atoms with Crippen LogP contribution in [0.25, 0.3) is 6.08 Å². The standard InChI is InChI=1S/C21H22ClN3O/c1-15-19(22)8-5-9-20(15)24-21(26)17(13-23)12-16-10-11-25(14-16)18-6-3-2-4-7-18/h5,8-12,14,18H,2-4,6-7H2,1H3,(H,24,26)/b17-12+. The highest BCUT2D eigenvalue weighted by molar-refractivity contribution is 6.31. The summed E-state index contributed by atoms with van der Waals surface area (Å²) in [6, 6.07) is 9.78. The summed E-state index contributed by atoms with van der Waals surface area (Å²) >= 11 is 6.08. The molecule has 0 radical (unpaired) electrons. The van der Waals surface area contributed by atoms with Crippen LogP contribution in [0.2, 0.25) is 5.02 Å². The number of hydrogen-bond acceptors (Lipinski definition) is 2. The van der Waals surface area contributed by atoms with Crippen molar-refractivity contribution in [3.63, 3.8) is 0 Å². The molecule has 0 saturated heterocycles. The molecule has 1 aromatic heterocycles. The first kappa shape index (κ1) is 18.3. The molecule has 134 valence electrons. The van der Waals surface area contributed by atoms with Crippen molar-refractivity contribution in [1.82, 2.24) is 4.57 Å². The highest BCUT2D eigenvalue weighted by atomic mass is 35.5. The summed E-state index contributed by atoms with van der Waals surface area (Å²) in [5.74, 6) is -0.428. The molecule has 0 bridgehead atoms. The summed E-state index contributed by atoms with van der Waals surface area (Å²) < 4.78 is 2.21. The van der Waals surface area contributed by atoms with Crippen LogP contribution in [0.3, 0.4) is 0 Å². The Balaban J connectivity index is 1.75. The number of nitriles is 1. The van der Waals surface area contributed by atoms with Crippen molar-refractivity contribution in [2.24, 2.45) is 0 Å². The molecule has 1 saturated carbocycles. The number of rotatable bonds is 4. The molecule has 0 atom stereocenters. The number of anilines is 1. The van der Waals surface area contributed by atoms with E-state index in [0.29, 0.717) is 16.8 Å². The summed E-state index contributed by atoms with van der Waals surface area (Å²) in [4.78, 5) is 12.5. The summed E-state index contributed by atoms with van der Waals surface area (Å²) in [7, 11) is 0. The van der Waals surface area contributed by atoms with Gasteiger partial charge in [0.05, 0.1) is 0 Å². The summed E-state index contributed by atoms with van der Waals surface area (Å²) in [6.07, 6.45) is 11.9.